The second-order valence-corrected chi connectivity index (χ2v) is 7.48. The third kappa shape index (κ3) is 3.22. The summed E-state index contributed by atoms with van der Waals surface area (Å²) in [5.74, 6) is 0.0706. The molecule has 5 nitrogen and oxygen atoms in total. The highest BCUT2D eigenvalue weighted by atomic mass is 16.2. The van der Waals surface area contributed by atoms with Crippen LogP contribution >= 0.6 is 0 Å². The smallest absolute Gasteiger partial charge is 0.257 e. The van der Waals surface area contributed by atoms with E-state index in [4.69, 9.17) is 0 Å². The molecule has 4 rings (SSSR count). The molecule has 1 unspecified atom stereocenters. The molecule has 140 valence electrons. The van der Waals surface area contributed by atoms with Crippen LogP contribution in [0.1, 0.15) is 52.6 Å². The highest BCUT2D eigenvalue weighted by Crippen LogP contribution is 2.26. The molecule has 1 atom stereocenters. The predicted octanol–water partition coefficient (Wildman–Crippen LogP) is 3.76. The third-order valence-corrected chi connectivity index (χ3v) is 5.56. The molecule has 0 aliphatic heterocycles. The minimum absolute atomic E-state index is 0.0706. The van der Waals surface area contributed by atoms with Crippen molar-refractivity contribution in [1.29, 1.82) is 0 Å². The quantitative estimate of drug-likeness (QED) is 0.710. The van der Waals surface area contributed by atoms with Crippen molar-refractivity contribution in [1.82, 2.24) is 19.5 Å². The van der Waals surface area contributed by atoms with Crippen LogP contribution in [0.25, 0.3) is 5.65 Å². The first-order valence-corrected chi connectivity index (χ1v) is 9.78. The number of aryl methyl sites for hydroxylation is 3. The SMILES string of the molecule is CCCN(C(=O)c1cnc2cc(C)nn2c1C)C1CCc2ccccc2C1. The van der Waals surface area contributed by atoms with Gasteiger partial charge in [-0.15, -0.1) is 0 Å². The number of fused-ring (bicyclic) bond motifs is 2. The molecular formula is C22H26N4O. The molecule has 5 heteroatoms. The van der Waals surface area contributed by atoms with Crippen LogP contribution < -0.4 is 0 Å². The summed E-state index contributed by atoms with van der Waals surface area (Å²) in [5.41, 5.74) is 5.99. The third-order valence-electron chi connectivity index (χ3n) is 5.56. The number of hydrogen-bond donors (Lipinski definition) is 0. The van der Waals surface area contributed by atoms with Gasteiger partial charge >= 0.3 is 0 Å². The fourth-order valence-corrected chi connectivity index (χ4v) is 4.16. The van der Waals surface area contributed by atoms with Crippen molar-refractivity contribution in [2.24, 2.45) is 0 Å². The lowest BCUT2D eigenvalue weighted by atomic mass is 9.87. The Labute approximate surface area is 160 Å². The lowest BCUT2D eigenvalue weighted by molar-refractivity contribution is 0.0659. The number of carbonyl (C=O) groups excluding carboxylic acids is 1. The molecule has 27 heavy (non-hydrogen) atoms. The van der Waals surface area contributed by atoms with Crippen molar-refractivity contribution in [2.45, 2.75) is 52.5 Å². The van der Waals surface area contributed by atoms with Gasteiger partial charge in [-0.1, -0.05) is 31.2 Å². The standard InChI is InChI=1S/C22H26N4O/c1-4-11-25(19-10-9-17-7-5-6-8-18(17)13-19)22(27)20-14-23-21-12-15(2)24-26(21)16(20)3/h5-8,12,14,19H,4,9-11,13H2,1-3H3. The van der Waals surface area contributed by atoms with Gasteiger partial charge in [-0.2, -0.15) is 5.10 Å². The van der Waals surface area contributed by atoms with Gasteiger partial charge in [0.1, 0.15) is 0 Å². The minimum atomic E-state index is 0.0706. The summed E-state index contributed by atoms with van der Waals surface area (Å²) in [5, 5.41) is 4.49. The second-order valence-electron chi connectivity index (χ2n) is 7.48. The highest BCUT2D eigenvalue weighted by Gasteiger charge is 2.29. The van der Waals surface area contributed by atoms with Gasteiger partial charge in [-0.3, -0.25) is 4.79 Å². The summed E-state index contributed by atoms with van der Waals surface area (Å²) in [7, 11) is 0. The molecule has 0 fully saturated rings. The van der Waals surface area contributed by atoms with Gasteiger partial charge in [0.25, 0.3) is 5.91 Å². The average molecular weight is 362 g/mol. The van der Waals surface area contributed by atoms with Crippen LogP contribution in [0.3, 0.4) is 0 Å². The molecule has 0 radical (unpaired) electrons. The summed E-state index contributed by atoms with van der Waals surface area (Å²) < 4.78 is 1.78. The zero-order chi connectivity index (χ0) is 19.0. The summed E-state index contributed by atoms with van der Waals surface area (Å²) in [6.07, 6.45) is 5.63. The Kier molecular flexibility index (Phi) is 4.68. The fourth-order valence-electron chi connectivity index (χ4n) is 4.16. The Bertz CT molecular complexity index is 991. The normalized spacial score (nSPS) is 16.3. The van der Waals surface area contributed by atoms with Crippen LogP contribution in [0.4, 0.5) is 0 Å². The number of nitrogens with zero attached hydrogens (tertiary/aromatic N) is 4. The van der Waals surface area contributed by atoms with Gasteiger partial charge in [-0.25, -0.2) is 9.50 Å². The number of carbonyl (C=O) groups is 1. The number of benzene rings is 1. The molecule has 1 aliphatic carbocycles. The van der Waals surface area contributed by atoms with Gasteiger partial charge in [0, 0.05) is 24.8 Å². The van der Waals surface area contributed by atoms with E-state index in [1.54, 1.807) is 10.7 Å². The minimum Gasteiger partial charge on any atom is -0.335 e. The lowest BCUT2D eigenvalue weighted by Gasteiger charge is -2.35. The molecule has 3 aromatic rings. The summed E-state index contributed by atoms with van der Waals surface area (Å²) in [6.45, 7) is 6.79. The van der Waals surface area contributed by atoms with Gasteiger partial charge in [-0.05, 0) is 50.7 Å². The van der Waals surface area contributed by atoms with Crippen molar-refractivity contribution in [3.8, 4) is 0 Å². The van der Waals surface area contributed by atoms with E-state index < -0.39 is 0 Å². The summed E-state index contributed by atoms with van der Waals surface area (Å²) >= 11 is 0. The number of amides is 1. The Morgan fingerprint density at radius 3 is 2.81 bits per heavy atom. The molecule has 2 aromatic heterocycles. The molecule has 0 N–H and O–H groups in total. The summed E-state index contributed by atoms with van der Waals surface area (Å²) in [6, 6.07) is 10.8. The zero-order valence-corrected chi connectivity index (χ0v) is 16.3. The first-order chi connectivity index (χ1) is 13.1. The van der Waals surface area contributed by atoms with Crippen LogP contribution in [0, 0.1) is 13.8 Å². The van der Waals surface area contributed by atoms with Gasteiger partial charge in [0.2, 0.25) is 0 Å². The Morgan fingerprint density at radius 2 is 2.04 bits per heavy atom. The maximum Gasteiger partial charge on any atom is 0.257 e. The molecule has 1 amide bonds. The van der Waals surface area contributed by atoms with Crippen LogP contribution in [0.5, 0.6) is 0 Å². The van der Waals surface area contributed by atoms with Gasteiger partial charge in [0.05, 0.1) is 17.0 Å². The van der Waals surface area contributed by atoms with Crippen molar-refractivity contribution in [2.75, 3.05) is 6.54 Å². The largest absolute Gasteiger partial charge is 0.335 e. The van der Waals surface area contributed by atoms with Crippen molar-refractivity contribution in [3.05, 3.63) is 64.6 Å². The topological polar surface area (TPSA) is 50.5 Å². The highest BCUT2D eigenvalue weighted by molar-refractivity contribution is 5.95. The maximum atomic E-state index is 13.5. The van der Waals surface area contributed by atoms with Crippen molar-refractivity contribution < 1.29 is 4.79 Å². The van der Waals surface area contributed by atoms with E-state index in [-0.39, 0.29) is 11.9 Å². The first kappa shape index (κ1) is 17.7. The fraction of sp³-hybridized carbons (Fsp3) is 0.409. The molecule has 0 saturated carbocycles. The Morgan fingerprint density at radius 1 is 1.26 bits per heavy atom. The molecule has 2 heterocycles. The van der Waals surface area contributed by atoms with E-state index in [1.807, 2.05) is 19.9 Å². The van der Waals surface area contributed by atoms with Crippen LogP contribution in [0.2, 0.25) is 0 Å². The van der Waals surface area contributed by atoms with E-state index in [2.05, 4.69) is 46.2 Å². The molecule has 1 aliphatic rings. The van der Waals surface area contributed by atoms with Crippen molar-refractivity contribution >= 4 is 11.6 Å². The summed E-state index contributed by atoms with van der Waals surface area (Å²) in [4.78, 5) is 20.0. The number of hydrogen-bond acceptors (Lipinski definition) is 3. The zero-order valence-electron chi connectivity index (χ0n) is 16.3. The lowest BCUT2D eigenvalue weighted by Crippen LogP contribution is -2.44. The maximum absolute atomic E-state index is 13.5. The Balaban J connectivity index is 1.66. The van der Waals surface area contributed by atoms with E-state index in [0.717, 1.165) is 49.3 Å². The van der Waals surface area contributed by atoms with E-state index in [1.165, 1.54) is 11.1 Å². The number of aromatic nitrogens is 3. The molecule has 0 saturated heterocycles. The molecule has 0 bridgehead atoms. The average Bonchev–Trinajstić information content (AvgIpc) is 3.07. The second kappa shape index (κ2) is 7.14. The van der Waals surface area contributed by atoms with Gasteiger partial charge < -0.3 is 4.90 Å². The van der Waals surface area contributed by atoms with Crippen LogP contribution in [-0.2, 0) is 12.8 Å². The monoisotopic (exact) mass is 362 g/mol. The van der Waals surface area contributed by atoms with Gasteiger partial charge in [0.15, 0.2) is 5.65 Å². The van der Waals surface area contributed by atoms with Crippen LogP contribution in [-0.4, -0.2) is 38.0 Å². The van der Waals surface area contributed by atoms with E-state index in [9.17, 15) is 4.79 Å². The predicted molar refractivity (Wildman–Crippen MR) is 106 cm³/mol. The van der Waals surface area contributed by atoms with E-state index >= 15 is 0 Å². The first-order valence-electron chi connectivity index (χ1n) is 9.78. The molecule has 0 spiro atoms. The van der Waals surface area contributed by atoms with Crippen LogP contribution in [0.15, 0.2) is 36.5 Å². The molecular weight excluding hydrogens is 336 g/mol. The van der Waals surface area contributed by atoms with Crippen molar-refractivity contribution in [3.63, 3.8) is 0 Å². The van der Waals surface area contributed by atoms with E-state index in [0.29, 0.717) is 5.56 Å². The Hall–Kier alpha value is -2.69. The molecule has 1 aromatic carbocycles. The number of rotatable bonds is 4.